The molecule has 1 amide bonds. The van der Waals surface area contributed by atoms with E-state index in [0.29, 0.717) is 0 Å². The number of benzene rings is 3. The lowest BCUT2D eigenvalue weighted by atomic mass is 9.98. The van der Waals surface area contributed by atoms with Crippen molar-refractivity contribution in [3.8, 4) is 0 Å². The summed E-state index contributed by atoms with van der Waals surface area (Å²) < 4.78 is 37.7. The molecule has 204 valence electrons. The summed E-state index contributed by atoms with van der Waals surface area (Å²) >= 11 is 0. The van der Waals surface area contributed by atoms with Gasteiger partial charge >= 0.3 is 11.9 Å². The van der Waals surface area contributed by atoms with Gasteiger partial charge in [-0.1, -0.05) is 72.8 Å². The van der Waals surface area contributed by atoms with Crippen LogP contribution in [0.5, 0.6) is 0 Å². The molecule has 3 aromatic carbocycles. The van der Waals surface area contributed by atoms with E-state index in [9.17, 15) is 22.8 Å². The first-order chi connectivity index (χ1) is 18.8. The number of hydrogen-bond acceptors (Lipinski definition) is 7. The van der Waals surface area contributed by atoms with Crippen molar-refractivity contribution in [1.29, 1.82) is 0 Å². The summed E-state index contributed by atoms with van der Waals surface area (Å²) in [5.41, 5.74) is 1.74. The molecule has 10 heteroatoms. The first-order valence-corrected chi connectivity index (χ1v) is 14.0. The Morgan fingerprint density at radius 3 is 1.97 bits per heavy atom. The summed E-state index contributed by atoms with van der Waals surface area (Å²) in [4.78, 5) is 37.4. The minimum Gasteiger partial charge on any atom is -0.465 e. The average Bonchev–Trinajstić information content (AvgIpc) is 2.99. The minimum absolute atomic E-state index is 0.0446. The van der Waals surface area contributed by atoms with Gasteiger partial charge in [-0.3, -0.25) is 9.59 Å². The quantitative estimate of drug-likeness (QED) is 0.406. The average molecular weight is 551 g/mol. The van der Waals surface area contributed by atoms with E-state index in [2.05, 4.69) is 5.32 Å². The zero-order chi connectivity index (χ0) is 27.8. The zero-order valence-corrected chi connectivity index (χ0v) is 22.3. The van der Waals surface area contributed by atoms with E-state index in [1.165, 1.54) is 29.6 Å². The second kappa shape index (κ2) is 12.7. The first-order valence-electron chi connectivity index (χ1n) is 12.5. The van der Waals surface area contributed by atoms with Crippen LogP contribution in [0.1, 0.15) is 40.4 Å². The highest BCUT2D eigenvalue weighted by molar-refractivity contribution is 7.89. The maximum atomic E-state index is 13.2. The number of nitrogens with zero attached hydrogens (tertiary/aromatic N) is 1. The predicted molar refractivity (Wildman–Crippen MR) is 143 cm³/mol. The van der Waals surface area contributed by atoms with Crippen LogP contribution < -0.4 is 5.32 Å². The molecule has 4 rings (SSSR count). The van der Waals surface area contributed by atoms with Gasteiger partial charge in [-0.2, -0.15) is 4.31 Å². The molecule has 39 heavy (non-hydrogen) atoms. The third-order valence-electron chi connectivity index (χ3n) is 6.61. The second-order valence-electron chi connectivity index (χ2n) is 9.10. The molecule has 3 aromatic rings. The fourth-order valence-electron chi connectivity index (χ4n) is 4.55. The Labute approximate surface area is 227 Å². The van der Waals surface area contributed by atoms with E-state index in [0.717, 1.165) is 11.1 Å². The summed E-state index contributed by atoms with van der Waals surface area (Å²) in [5, 5.41) is 2.93. The molecular weight excluding hydrogens is 520 g/mol. The summed E-state index contributed by atoms with van der Waals surface area (Å²) in [6.07, 6.45) is 0.466. The van der Waals surface area contributed by atoms with Gasteiger partial charge in [0.15, 0.2) is 6.61 Å². The Kier molecular flexibility index (Phi) is 9.11. The molecule has 0 atom stereocenters. The lowest BCUT2D eigenvalue weighted by Gasteiger charge is -2.30. The van der Waals surface area contributed by atoms with Crippen LogP contribution >= 0.6 is 0 Å². The lowest BCUT2D eigenvalue weighted by Crippen LogP contribution is -2.41. The van der Waals surface area contributed by atoms with Crippen molar-refractivity contribution in [2.75, 3.05) is 26.8 Å². The Morgan fingerprint density at radius 2 is 1.41 bits per heavy atom. The largest absolute Gasteiger partial charge is 0.465 e. The lowest BCUT2D eigenvalue weighted by molar-refractivity contribution is -0.153. The molecule has 0 aromatic heterocycles. The van der Waals surface area contributed by atoms with Gasteiger partial charge in [0.25, 0.3) is 5.91 Å². The van der Waals surface area contributed by atoms with Gasteiger partial charge in [0.1, 0.15) is 0 Å². The molecule has 1 heterocycles. The maximum absolute atomic E-state index is 13.2. The highest BCUT2D eigenvalue weighted by Crippen LogP contribution is 2.27. The predicted octanol–water partition coefficient (Wildman–Crippen LogP) is 3.32. The Balaban J connectivity index is 1.33. The number of carbonyl (C=O) groups is 3. The third-order valence-corrected chi connectivity index (χ3v) is 8.57. The number of esters is 2. The van der Waals surface area contributed by atoms with Gasteiger partial charge in [0.2, 0.25) is 10.0 Å². The highest BCUT2D eigenvalue weighted by Gasteiger charge is 2.35. The number of carbonyl (C=O) groups excluding carboxylic acids is 3. The molecule has 1 aliphatic rings. The molecule has 0 radical (unpaired) electrons. The molecule has 1 N–H and O–H groups in total. The summed E-state index contributed by atoms with van der Waals surface area (Å²) in [6, 6.07) is 24.4. The normalized spacial score (nSPS) is 14.5. The Bertz CT molecular complexity index is 1360. The van der Waals surface area contributed by atoms with Crippen molar-refractivity contribution in [1.82, 2.24) is 9.62 Å². The fourth-order valence-corrected chi connectivity index (χ4v) is 6.20. The molecule has 9 nitrogen and oxygen atoms in total. The number of piperidine rings is 1. The van der Waals surface area contributed by atoms with E-state index in [4.69, 9.17) is 9.47 Å². The van der Waals surface area contributed by atoms with Crippen molar-refractivity contribution in [2.45, 2.75) is 23.8 Å². The van der Waals surface area contributed by atoms with Gasteiger partial charge in [-0.05, 0) is 36.1 Å². The zero-order valence-electron chi connectivity index (χ0n) is 21.5. The van der Waals surface area contributed by atoms with Crippen molar-refractivity contribution in [3.05, 3.63) is 102 Å². The minimum atomic E-state index is -3.97. The SMILES string of the molecule is COC(=O)c1ccccc1S(=O)(=O)N1CCC(C(=O)OCC(=O)NC(c2ccccc2)c2ccccc2)CC1. The summed E-state index contributed by atoms with van der Waals surface area (Å²) in [6.45, 7) is -0.290. The number of hydrogen-bond donors (Lipinski definition) is 1. The van der Waals surface area contributed by atoms with E-state index < -0.39 is 46.4 Å². The van der Waals surface area contributed by atoms with Crippen molar-refractivity contribution >= 4 is 27.9 Å². The van der Waals surface area contributed by atoms with Gasteiger partial charge in [0.05, 0.1) is 29.5 Å². The molecule has 0 aliphatic carbocycles. The number of amides is 1. The van der Waals surface area contributed by atoms with Gasteiger partial charge in [-0.15, -0.1) is 0 Å². The van der Waals surface area contributed by atoms with Crippen LogP contribution in [-0.4, -0.2) is 57.4 Å². The van der Waals surface area contributed by atoms with Crippen LogP contribution in [0.25, 0.3) is 0 Å². The highest BCUT2D eigenvalue weighted by atomic mass is 32.2. The van der Waals surface area contributed by atoms with Crippen LogP contribution in [0.4, 0.5) is 0 Å². The molecule has 1 aliphatic heterocycles. The van der Waals surface area contributed by atoms with Crippen molar-refractivity contribution < 1.29 is 32.3 Å². The van der Waals surface area contributed by atoms with Crippen LogP contribution in [0, 0.1) is 5.92 Å². The Morgan fingerprint density at radius 1 is 0.872 bits per heavy atom. The van der Waals surface area contributed by atoms with Crippen LogP contribution in [0.15, 0.2) is 89.8 Å². The molecule has 0 spiro atoms. The second-order valence-corrected chi connectivity index (χ2v) is 11.0. The number of sulfonamides is 1. The summed E-state index contributed by atoms with van der Waals surface area (Å²) in [7, 11) is -2.79. The molecular formula is C29H30N2O7S. The van der Waals surface area contributed by atoms with Gasteiger partial charge in [-0.25, -0.2) is 13.2 Å². The third kappa shape index (κ3) is 6.71. The molecule has 1 saturated heterocycles. The van der Waals surface area contributed by atoms with Crippen molar-refractivity contribution in [2.24, 2.45) is 5.92 Å². The van der Waals surface area contributed by atoms with Gasteiger partial charge in [0, 0.05) is 13.1 Å². The monoisotopic (exact) mass is 550 g/mol. The fraction of sp³-hybridized carbons (Fsp3) is 0.276. The molecule has 1 fully saturated rings. The van der Waals surface area contributed by atoms with Crippen molar-refractivity contribution in [3.63, 3.8) is 0 Å². The first kappa shape index (κ1) is 28.0. The maximum Gasteiger partial charge on any atom is 0.339 e. The number of methoxy groups -OCH3 is 1. The van der Waals surface area contributed by atoms with E-state index in [-0.39, 0.29) is 36.4 Å². The number of rotatable bonds is 9. The number of nitrogens with one attached hydrogen (secondary N) is 1. The number of ether oxygens (including phenoxy) is 2. The Hall–Kier alpha value is -4.02. The van der Waals surface area contributed by atoms with Crippen LogP contribution in [0.3, 0.4) is 0 Å². The topological polar surface area (TPSA) is 119 Å². The molecule has 0 unspecified atom stereocenters. The van der Waals surface area contributed by atoms with E-state index in [1.807, 2.05) is 60.7 Å². The van der Waals surface area contributed by atoms with E-state index in [1.54, 1.807) is 6.07 Å². The standard InChI is InChI=1S/C29H30N2O7S/c1-37-29(34)24-14-8-9-15-25(24)39(35,36)31-18-16-23(17-19-31)28(33)38-20-26(32)30-27(21-10-4-2-5-11-21)22-12-6-3-7-13-22/h2-15,23,27H,16-20H2,1H3,(H,30,32). The van der Waals surface area contributed by atoms with Crippen LogP contribution in [0.2, 0.25) is 0 Å². The van der Waals surface area contributed by atoms with E-state index >= 15 is 0 Å². The van der Waals surface area contributed by atoms with Gasteiger partial charge < -0.3 is 14.8 Å². The molecule has 0 saturated carbocycles. The summed E-state index contributed by atoms with van der Waals surface area (Å²) in [5.74, 6) is -2.28. The molecule has 0 bridgehead atoms. The smallest absolute Gasteiger partial charge is 0.339 e. The van der Waals surface area contributed by atoms with Crippen LogP contribution in [-0.2, 0) is 29.1 Å².